The van der Waals surface area contributed by atoms with Crippen LogP contribution in [0.2, 0.25) is 0 Å². The molecule has 1 N–H and O–H groups in total. The molecule has 8 heteroatoms. The first-order chi connectivity index (χ1) is 10.9. The van der Waals surface area contributed by atoms with Crippen LogP contribution in [0.4, 0.5) is 18.0 Å². The van der Waals surface area contributed by atoms with Crippen LogP contribution in [0.3, 0.4) is 0 Å². The van der Waals surface area contributed by atoms with Crippen LogP contribution in [0, 0.1) is 0 Å². The zero-order valence-corrected chi connectivity index (χ0v) is 13.3. The second-order valence-corrected chi connectivity index (χ2v) is 6.75. The number of nitrogens with zero attached hydrogens (tertiary/aromatic N) is 2. The van der Waals surface area contributed by atoms with Crippen LogP contribution in [-0.4, -0.2) is 54.3 Å². The van der Waals surface area contributed by atoms with Gasteiger partial charge in [0.05, 0.1) is 5.56 Å². The largest absolute Gasteiger partial charge is 0.416 e. The van der Waals surface area contributed by atoms with Gasteiger partial charge >= 0.3 is 12.2 Å². The predicted molar refractivity (Wildman–Crippen MR) is 82.4 cm³/mol. The molecule has 23 heavy (non-hydrogen) atoms. The maximum Gasteiger partial charge on any atom is 0.416 e. The van der Waals surface area contributed by atoms with Gasteiger partial charge < -0.3 is 15.1 Å². The van der Waals surface area contributed by atoms with Gasteiger partial charge in [0.1, 0.15) is 0 Å². The van der Waals surface area contributed by atoms with Crippen molar-refractivity contribution in [2.75, 3.05) is 38.5 Å². The van der Waals surface area contributed by atoms with Gasteiger partial charge in [-0.05, 0) is 17.7 Å². The molecule has 0 saturated carbocycles. The fraction of sp³-hybridized carbons (Fsp3) is 0.533. The number of thioether (sulfide) groups is 1. The highest BCUT2D eigenvalue weighted by Gasteiger charge is 2.32. The molecular formula is C15H18F3N3OS. The van der Waals surface area contributed by atoms with E-state index in [1.807, 2.05) is 0 Å². The van der Waals surface area contributed by atoms with Crippen molar-refractivity contribution < 1.29 is 18.0 Å². The summed E-state index contributed by atoms with van der Waals surface area (Å²) in [5, 5.41) is 3.20. The number of alkyl halides is 3. The summed E-state index contributed by atoms with van der Waals surface area (Å²) >= 11 is 1.38. The summed E-state index contributed by atoms with van der Waals surface area (Å²) < 4.78 is 38.5. The van der Waals surface area contributed by atoms with Gasteiger partial charge in [-0.3, -0.25) is 0 Å². The van der Waals surface area contributed by atoms with Gasteiger partial charge in [-0.1, -0.05) is 6.07 Å². The van der Waals surface area contributed by atoms with Gasteiger partial charge in [0.2, 0.25) is 0 Å². The zero-order valence-electron chi connectivity index (χ0n) is 12.5. The Labute approximate surface area is 137 Å². The van der Waals surface area contributed by atoms with E-state index in [-0.39, 0.29) is 6.03 Å². The van der Waals surface area contributed by atoms with E-state index in [9.17, 15) is 18.0 Å². The first-order valence-corrected chi connectivity index (χ1v) is 8.51. The number of urea groups is 1. The Kier molecular flexibility index (Phi) is 4.72. The number of benzene rings is 1. The van der Waals surface area contributed by atoms with Crippen LogP contribution in [-0.2, 0) is 12.7 Å². The van der Waals surface area contributed by atoms with Crippen molar-refractivity contribution >= 4 is 17.8 Å². The van der Waals surface area contributed by atoms with E-state index in [0.717, 1.165) is 24.7 Å². The quantitative estimate of drug-likeness (QED) is 0.785. The van der Waals surface area contributed by atoms with Crippen molar-refractivity contribution in [3.8, 4) is 0 Å². The first kappa shape index (κ1) is 16.4. The summed E-state index contributed by atoms with van der Waals surface area (Å²) in [6, 6.07) is 3.76. The van der Waals surface area contributed by atoms with Crippen LogP contribution >= 0.6 is 11.8 Å². The lowest BCUT2D eigenvalue weighted by atomic mass is 10.1. The topological polar surface area (TPSA) is 35.6 Å². The molecule has 0 aliphatic carbocycles. The molecule has 0 atom stereocenters. The third-order valence-electron chi connectivity index (χ3n) is 4.03. The van der Waals surface area contributed by atoms with E-state index in [1.54, 1.807) is 9.80 Å². The highest BCUT2D eigenvalue weighted by Crippen LogP contribution is 2.35. The minimum absolute atomic E-state index is 0.0279. The van der Waals surface area contributed by atoms with Crippen LogP contribution < -0.4 is 5.32 Å². The van der Waals surface area contributed by atoms with Gasteiger partial charge in [0, 0.05) is 49.9 Å². The second-order valence-electron chi connectivity index (χ2n) is 5.61. The Morgan fingerprint density at radius 3 is 2.57 bits per heavy atom. The van der Waals surface area contributed by atoms with Crippen molar-refractivity contribution in [2.45, 2.75) is 17.6 Å². The number of amides is 2. The van der Waals surface area contributed by atoms with Gasteiger partial charge in [0.25, 0.3) is 0 Å². The smallest absolute Gasteiger partial charge is 0.322 e. The molecule has 0 bridgehead atoms. The van der Waals surface area contributed by atoms with Crippen molar-refractivity contribution in [1.82, 2.24) is 15.1 Å². The highest BCUT2D eigenvalue weighted by atomic mass is 32.2. The number of carbonyl (C=O) groups excluding carboxylic acids is 1. The maximum atomic E-state index is 12.8. The van der Waals surface area contributed by atoms with E-state index in [4.69, 9.17) is 0 Å². The molecule has 2 amide bonds. The summed E-state index contributed by atoms with van der Waals surface area (Å²) in [6.45, 7) is 3.80. The number of rotatable bonds is 0. The number of piperazine rings is 1. The van der Waals surface area contributed by atoms with Crippen LogP contribution in [0.15, 0.2) is 23.1 Å². The summed E-state index contributed by atoms with van der Waals surface area (Å²) in [5.74, 6) is 0.603. The SMILES string of the molecule is O=C(N1CCNCC1)N1CCSc2cc(C(F)(F)F)ccc2C1. The molecule has 0 spiro atoms. The molecule has 1 aromatic rings. The summed E-state index contributed by atoms with van der Waals surface area (Å²) in [6.07, 6.45) is -4.34. The van der Waals surface area contributed by atoms with Gasteiger partial charge in [-0.25, -0.2) is 4.79 Å². The third-order valence-corrected chi connectivity index (χ3v) is 5.11. The fourth-order valence-electron chi connectivity index (χ4n) is 2.77. The lowest BCUT2D eigenvalue weighted by Crippen LogP contribution is -2.51. The van der Waals surface area contributed by atoms with E-state index in [2.05, 4.69) is 5.32 Å². The minimum atomic E-state index is -4.34. The molecule has 0 unspecified atom stereocenters. The number of carbonyl (C=O) groups is 1. The molecular weight excluding hydrogens is 327 g/mol. The Hall–Kier alpha value is -1.41. The normalized spacial score (nSPS) is 19.3. The second kappa shape index (κ2) is 6.60. The van der Waals surface area contributed by atoms with Crippen LogP contribution in [0.25, 0.3) is 0 Å². The molecule has 0 aromatic heterocycles. The number of nitrogens with one attached hydrogen (secondary N) is 1. The lowest BCUT2D eigenvalue weighted by Gasteiger charge is -2.32. The summed E-state index contributed by atoms with van der Waals surface area (Å²) in [7, 11) is 0. The lowest BCUT2D eigenvalue weighted by molar-refractivity contribution is -0.137. The van der Waals surface area contributed by atoms with Gasteiger partial charge in [0.15, 0.2) is 0 Å². The van der Waals surface area contributed by atoms with E-state index < -0.39 is 11.7 Å². The number of hydrogen-bond donors (Lipinski definition) is 1. The molecule has 1 saturated heterocycles. The number of hydrogen-bond acceptors (Lipinski definition) is 3. The van der Waals surface area contributed by atoms with Crippen LogP contribution in [0.5, 0.6) is 0 Å². The molecule has 0 radical (unpaired) electrons. The van der Waals surface area contributed by atoms with Crippen molar-refractivity contribution in [1.29, 1.82) is 0 Å². The Balaban J connectivity index is 1.77. The van der Waals surface area contributed by atoms with Gasteiger partial charge in [-0.15, -0.1) is 11.8 Å². The third kappa shape index (κ3) is 3.74. The Morgan fingerprint density at radius 1 is 1.13 bits per heavy atom. The summed E-state index contributed by atoms with van der Waals surface area (Å²) in [4.78, 5) is 16.7. The molecule has 4 nitrogen and oxygen atoms in total. The first-order valence-electron chi connectivity index (χ1n) is 7.52. The molecule has 1 fully saturated rings. The van der Waals surface area contributed by atoms with Crippen molar-refractivity contribution in [2.24, 2.45) is 0 Å². The Bertz CT molecular complexity index is 588. The van der Waals surface area contributed by atoms with Gasteiger partial charge in [-0.2, -0.15) is 13.2 Å². The van der Waals surface area contributed by atoms with Crippen LogP contribution in [0.1, 0.15) is 11.1 Å². The molecule has 2 heterocycles. The molecule has 1 aromatic carbocycles. The maximum absolute atomic E-state index is 12.8. The average molecular weight is 345 g/mol. The fourth-order valence-corrected chi connectivity index (χ4v) is 3.83. The van der Waals surface area contributed by atoms with E-state index in [1.165, 1.54) is 23.9 Å². The molecule has 126 valence electrons. The summed E-state index contributed by atoms with van der Waals surface area (Å²) in [5.41, 5.74) is 0.148. The zero-order chi connectivity index (χ0) is 16.4. The molecule has 2 aliphatic rings. The average Bonchev–Trinajstić information content (AvgIpc) is 2.75. The predicted octanol–water partition coefficient (Wildman–Crippen LogP) is 2.64. The van der Waals surface area contributed by atoms with E-state index >= 15 is 0 Å². The minimum Gasteiger partial charge on any atom is -0.322 e. The standard InChI is InChI=1S/C15H18F3N3OS/c16-15(17,18)12-2-1-11-10-21(7-8-23-13(11)9-12)14(22)20-5-3-19-4-6-20/h1-2,9,19H,3-8,10H2. The monoisotopic (exact) mass is 345 g/mol. The van der Waals surface area contributed by atoms with E-state index in [0.29, 0.717) is 36.8 Å². The number of halogens is 3. The Morgan fingerprint density at radius 2 is 1.87 bits per heavy atom. The van der Waals surface area contributed by atoms with Crippen molar-refractivity contribution in [3.05, 3.63) is 29.3 Å². The van der Waals surface area contributed by atoms with Crippen molar-refractivity contribution in [3.63, 3.8) is 0 Å². The highest BCUT2D eigenvalue weighted by molar-refractivity contribution is 7.99. The number of fused-ring (bicyclic) bond motifs is 1. The molecule has 3 rings (SSSR count). The molecule has 2 aliphatic heterocycles.